The molecule has 0 unspecified atom stereocenters. The van der Waals surface area contributed by atoms with Crippen LogP contribution < -0.4 is 10.6 Å². The minimum Gasteiger partial charge on any atom is -0.569 e. The van der Waals surface area contributed by atoms with Gasteiger partial charge in [-0.25, -0.2) is 0 Å². The molecular weight excluding hydrogens is 296 g/mol. The van der Waals surface area contributed by atoms with E-state index in [1.807, 2.05) is 0 Å². The Morgan fingerprint density at radius 3 is 1.59 bits per heavy atom. The van der Waals surface area contributed by atoms with E-state index in [4.69, 9.17) is 10.4 Å². The first kappa shape index (κ1) is 18.0. The molecule has 0 aromatic rings. The maximum absolute atomic E-state index is 11.4. The van der Waals surface area contributed by atoms with Crippen molar-refractivity contribution in [3.05, 3.63) is 10.4 Å². The van der Waals surface area contributed by atoms with Crippen LogP contribution in [0.3, 0.4) is 0 Å². The van der Waals surface area contributed by atoms with Gasteiger partial charge in [-0.05, 0) is 25.9 Å². The molecule has 22 heavy (non-hydrogen) atoms. The van der Waals surface area contributed by atoms with E-state index >= 15 is 0 Å². The third-order valence-electron chi connectivity index (χ3n) is 3.27. The summed E-state index contributed by atoms with van der Waals surface area (Å²) in [5, 5.41) is 54.3. The number of nitrogens with one attached hydrogen (secondary N) is 2. The summed E-state index contributed by atoms with van der Waals surface area (Å²) < 4.78 is 0. The summed E-state index contributed by atoms with van der Waals surface area (Å²) >= 11 is 0. The fraction of sp³-hybridized carbons (Fsp3) is 1.00. The smallest absolute Gasteiger partial charge is 0.230 e. The molecule has 1 fully saturated rings. The van der Waals surface area contributed by atoms with Gasteiger partial charge in [-0.3, -0.25) is 0 Å². The summed E-state index contributed by atoms with van der Waals surface area (Å²) in [6.07, 6.45) is 1.36. The summed E-state index contributed by atoms with van der Waals surface area (Å²) in [5.41, 5.74) is 0. The van der Waals surface area contributed by atoms with Crippen molar-refractivity contribution in [1.29, 1.82) is 0 Å². The lowest BCUT2D eigenvalue weighted by atomic mass is 10.3. The second-order valence-corrected chi connectivity index (χ2v) is 4.80. The molecule has 12 nitrogen and oxygen atoms in total. The van der Waals surface area contributed by atoms with Crippen molar-refractivity contribution >= 4 is 0 Å². The normalized spacial score (nSPS) is 21.5. The van der Waals surface area contributed by atoms with Gasteiger partial charge in [-0.2, -0.15) is 0 Å². The molecule has 0 aliphatic carbocycles. The second-order valence-electron chi connectivity index (χ2n) is 4.80. The van der Waals surface area contributed by atoms with Crippen LogP contribution in [-0.2, 0) is 0 Å². The van der Waals surface area contributed by atoms with Gasteiger partial charge in [0.2, 0.25) is 10.6 Å². The van der Waals surface area contributed by atoms with Gasteiger partial charge in [-0.1, -0.05) is 0 Å². The fourth-order valence-corrected chi connectivity index (χ4v) is 2.12. The van der Waals surface area contributed by atoms with Crippen molar-refractivity contribution in [2.75, 3.05) is 52.4 Å². The summed E-state index contributed by atoms with van der Waals surface area (Å²) in [5.74, 6) is 0. The van der Waals surface area contributed by atoms with Crippen LogP contribution in [0.2, 0.25) is 0 Å². The van der Waals surface area contributed by atoms with Crippen LogP contribution in [0.15, 0.2) is 10.6 Å². The van der Waals surface area contributed by atoms with Crippen LogP contribution in [0, 0.1) is 10.4 Å². The number of rotatable bonds is 2. The van der Waals surface area contributed by atoms with Crippen LogP contribution in [0.5, 0.6) is 0 Å². The molecule has 1 aliphatic heterocycles. The highest BCUT2D eigenvalue weighted by Gasteiger charge is 2.17. The topological polar surface area (TPSA) is 148 Å². The monoisotopic (exact) mass is 320 g/mol. The van der Waals surface area contributed by atoms with Gasteiger partial charge in [0.15, 0.2) is 0 Å². The largest absolute Gasteiger partial charge is 0.569 e. The number of hydrogen-bond acceptors (Lipinski definition) is 6. The van der Waals surface area contributed by atoms with Crippen LogP contribution in [-0.4, -0.2) is 82.7 Å². The lowest BCUT2D eigenvalue weighted by molar-refractivity contribution is -0.715. The first-order valence-corrected chi connectivity index (χ1v) is 7.24. The van der Waals surface area contributed by atoms with Crippen molar-refractivity contribution in [1.82, 2.24) is 20.7 Å². The molecule has 1 aliphatic rings. The van der Waals surface area contributed by atoms with Gasteiger partial charge in [0.1, 0.15) is 0 Å². The second kappa shape index (κ2) is 10.6. The van der Waals surface area contributed by atoms with Gasteiger partial charge < -0.3 is 31.5 Å². The standard InChI is InChI=1S/C10H24N8O4/c19-13-17(21)15-7-2-8-16(18(22)14-20)10-6-12-4-1-3-11-5-9-15/h11-12,19-20H,1-10H2. The van der Waals surface area contributed by atoms with Gasteiger partial charge in [0.05, 0.1) is 36.1 Å². The zero-order valence-electron chi connectivity index (χ0n) is 12.5. The molecule has 0 amide bonds. The molecule has 128 valence electrons. The predicted molar refractivity (Wildman–Crippen MR) is 73.8 cm³/mol. The zero-order valence-corrected chi connectivity index (χ0v) is 12.5. The lowest BCUT2D eigenvalue weighted by Gasteiger charge is -2.21. The molecule has 1 saturated heterocycles. The van der Waals surface area contributed by atoms with E-state index in [0.29, 0.717) is 45.7 Å². The molecule has 0 spiro atoms. The molecule has 0 saturated carbocycles. The predicted octanol–water partition coefficient (Wildman–Crippen LogP) is -0.903. The van der Waals surface area contributed by atoms with Crippen LogP contribution >= 0.6 is 0 Å². The van der Waals surface area contributed by atoms with Gasteiger partial charge >= 0.3 is 0 Å². The number of nitrogens with zero attached hydrogens (tertiary/aromatic N) is 6. The molecule has 0 atom stereocenters. The van der Waals surface area contributed by atoms with Crippen LogP contribution in [0.25, 0.3) is 0 Å². The maximum atomic E-state index is 11.4. The third-order valence-corrected chi connectivity index (χ3v) is 3.27. The third kappa shape index (κ3) is 6.58. The van der Waals surface area contributed by atoms with Gasteiger partial charge in [-0.15, -0.1) is 10.0 Å². The van der Waals surface area contributed by atoms with E-state index in [9.17, 15) is 10.4 Å². The van der Waals surface area contributed by atoms with Crippen LogP contribution in [0.1, 0.15) is 12.8 Å². The number of hydrogen-bond donors (Lipinski definition) is 4. The first-order valence-electron chi connectivity index (χ1n) is 7.24. The molecule has 4 N–H and O–H groups in total. The molecule has 1 rings (SSSR count). The fourth-order valence-electron chi connectivity index (χ4n) is 2.12. The van der Waals surface area contributed by atoms with Crippen LogP contribution in [0.4, 0.5) is 0 Å². The molecule has 0 bridgehead atoms. The Morgan fingerprint density at radius 1 is 0.727 bits per heavy atom. The van der Waals surface area contributed by atoms with Crippen molar-refractivity contribution in [2.45, 2.75) is 12.8 Å². The Labute approximate surface area is 128 Å². The van der Waals surface area contributed by atoms with E-state index in [1.54, 1.807) is 0 Å². The van der Waals surface area contributed by atoms with Crippen molar-refractivity contribution in [3.63, 3.8) is 0 Å². The van der Waals surface area contributed by atoms with E-state index in [0.717, 1.165) is 19.5 Å². The summed E-state index contributed by atoms with van der Waals surface area (Å²) in [6, 6.07) is 0. The Bertz CT molecular complexity index is 335. The molecule has 1 heterocycles. The summed E-state index contributed by atoms with van der Waals surface area (Å²) in [4.78, 5) is 0.260. The highest BCUT2D eigenvalue weighted by Crippen LogP contribution is 1.98. The van der Waals surface area contributed by atoms with Gasteiger partial charge in [0, 0.05) is 13.1 Å². The van der Waals surface area contributed by atoms with E-state index in [-0.39, 0.29) is 9.94 Å². The Kier molecular flexibility index (Phi) is 8.67. The minimum absolute atomic E-state index is 0.130. The van der Waals surface area contributed by atoms with Crippen molar-refractivity contribution in [2.24, 2.45) is 10.6 Å². The molecule has 0 aromatic carbocycles. The van der Waals surface area contributed by atoms with E-state index < -0.39 is 0 Å². The average Bonchev–Trinajstić information content (AvgIpc) is 2.55. The average molecular weight is 320 g/mol. The summed E-state index contributed by atoms with van der Waals surface area (Å²) in [7, 11) is 0. The highest BCUT2D eigenvalue weighted by atomic mass is 16.6. The first-order chi connectivity index (χ1) is 10.7. The Balaban J connectivity index is 2.61. The lowest BCUT2D eigenvalue weighted by Crippen LogP contribution is -2.42. The molecule has 0 radical (unpaired) electrons. The Hall–Kier alpha value is -2.08. The molecule has 12 heteroatoms. The zero-order chi connectivity index (χ0) is 16.2. The highest BCUT2D eigenvalue weighted by molar-refractivity contribution is 4.58. The number of hydrazine groups is 2. The quantitative estimate of drug-likeness (QED) is 0.290. The summed E-state index contributed by atoms with van der Waals surface area (Å²) in [6.45, 7) is 4.11. The van der Waals surface area contributed by atoms with E-state index in [1.165, 1.54) is 10.0 Å². The van der Waals surface area contributed by atoms with E-state index in [2.05, 4.69) is 21.2 Å². The molecular formula is C10H24N8O4. The Morgan fingerprint density at radius 2 is 1.18 bits per heavy atom. The van der Waals surface area contributed by atoms with Crippen molar-refractivity contribution < 1.29 is 20.4 Å². The SMILES string of the molecule is [O-][N+](=NO)N1CCCN([N+]([O-])=NO)CCNCCCNCC1. The molecule has 0 aromatic heterocycles. The minimum atomic E-state index is 0.130. The van der Waals surface area contributed by atoms with Crippen molar-refractivity contribution in [3.8, 4) is 0 Å². The van der Waals surface area contributed by atoms with Gasteiger partial charge in [0.25, 0.3) is 0 Å². The maximum Gasteiger partial charge on any atom is 0.230 e.